The Hall–Kier alpha value is -1.27. The molecule has 0 aliphatic carbocycles. The average Bonchev–Trinajstić information content (AvgIpc) is 2.38. The second-order valence-electron chi connectivity index (χ2n) is 4.37. The van der Waals surface area contributed by atoms with Crippen LogP contribution in [0.2, 0.25) is 0 Å². The molecule has 0 aliphatic heterocycles. The maximum atomic E-state index is 12.5. The minimum absolute atomic E-state index is 0.0432. The molecule has 1 aromatic carbocycles. The van der Waals surface area contributed by atoms with Crippen LogP contribution in [0.1, 0.15) is 27.2 Å². The summed E-state index contributed by atoms with van der Waals surface area (Å²) in [7, 11) is -2.01. The molecule has 108 valence electrons. The molecule has 6 heteroatoms. The van der Waals surface area contributed by atoms with Crippen molar-refractivity contribution in [3.05, 3.63) is 18.2 Å². The van der Waals surface area contributed by atoms with Crippen LogP contribution in [-0.4, -0.2) is 32.4 Å². The van der Waals surface area contributed by atoms with E-state index in [2.05, 4.69) is 0 Å². The van der Waals surface area contributed by atoms with Crippen molar-refractivity contribution in [1.82, 2.24) is 4.31 Å². The highest BCUT2D eigenvalue weighted by Crippen LogP contribution is 2.27. The largest absolute Gasteiger partial charge is 0.495 e. The smallest absolute Gasteiger partial charge is 0.243 e. The van der Waals surface area contributed by atoms with Crippen molar-refractivity contribution in [2.24, 2.45) is 0 Å². The lowest BCUT2D eigenvalue weighted by Gasteiger charge is -2.26. The predicted molar refractivity (Wildman–Crippen MR) is 76.7 cm³/mol. The van der Waals surface area contributed by atoms with Gasteiger partial charge < -0.3 is 10.5 Å². The van der Waals surface area contributed by atoms with Crippen LogP contribution in [0.15, 0.2) is 23.1 Å². The van der Waals surface area contributed by atoms with E-state index < -0.39 is 10.0 Å². The fourth-order valence-electron chi connectivity index (χ4n) is 1.93. The first-order valence-electron chi connectivity index (χ1n) is 6.33. The number of sulfonamides is 1. The fourth-order valence-corrected chi connectivity index (χ4v) is 3.68. The Bertz CT molecular complexity index is 529. The maximum absolute atomic E-state index is 12.5. The fraction of sp³-hybridized carbons (Fsp3) is 0.538. The molecule has 19 heavy (non-hydrogen) atoms. The minimum Gasteiger partial charge on any atom is -0.495 e. The van der Waals surface area contributed by atoms with E-state index in [9.17, 15) is 8.42 Å². The summed E-state index contributed by atoms with van der Waals surface area (Å²) >= 11 is 0. The number of benzene rings is 1. The van der Waals surface area contributed by atoms with Crippen LogP contribution < -0.4 is 10.5 Å². The van der Waals surface area contributed by atoms with E-state index in [0.29, 0.717) is 18.0 Å². The zero-order chi connectivity index (χ0) is 14.6. The zero-order valence-electron chi connectivity index (χ0n) is 11.9. The lowest BCUT2D eigenvalue weighted by molar-refractivity contribution is 0.342. The SMILES string of the molecule is CCC(C)N(CC)S(=O)(=O)c1ccc(OC)c(N)c1. The van der Waals surface area contributed by atoms with Crippen LogP contribution in [0.3, 0.4) is 0 Å². The van der Waals surface area contributed by atoms with Crippen molar-refractivity contribution in [2.45, 2.75) is 38.1 Å². The number of hydrogen-bond acceptors (Lipinski definition) is 4. The van der Waals surface area contributed by atoms with E-state index in [1.807, 2.05) is 20.8 Å². The van der Waals surface area contributed by atoms with Crippen molar-refractivity contribution < 1.29 is 13.2 Å². The Kier molecular flexibility index (Phi) is 5.20. The Balaban J connectivity index is 3.22. The molecule has 0 saturated carbocycles. The number of rotatable bonds is 6. The van der Waals surface area contributed by atoms with Gasteiger partial charge in [-0.05, 0) is 31.5 Å². The number of nitrogens with zero attached hydrogens (tertiary/aromatic N) is 1. The summed E-state index contributed by atoms with van der Waals surface area (Å²) in [5.74, 6) is 0.477. The molecule has 0 amide bonds. The Morgan fingerprint density at radius 2 is 2.00 bits per heavy atom. The molecule has 1 unspecified atom stereocenters. The number of nitrogens with two attached hydrogens (primary N) is 1. The van der Waals surface area contributed by atoms with E-state index >= 15 is 0 Å². The maximum Gasteiger partial charge on any atom is 0.243 e. The standard InChI is InChI=1S/C13H22N2O3S/c1-5-10(3)15(6-2)19(16,17)11-7-8-13(18-4)12(14)9-11/h7-10H,5-6,14H2,1-4H3. The van der Waals surface area contributed by atoms with Crippen molar-refractivity contribution in [1.29, 1.82) is 0 Å². The van der Waals surface area contributed by atoms with Gasteiger partial charge in [-0.3, -0.25) is 0 Å². The second kappa shape index (κ2) is 6.25. The van der Waals surface area contributed by atoms with Crippen LogP contribution in [-0.2, 0) is 10.0 Å². The molecule has 1 aromatic rings. The summed E-state index contributed by atoms with van der Waals surface area (Å²) in [6.07, 6.45) is 0.763. The topological polar surface area (TPSA) is 72.6 Å². The first kappa shape index (κ1) is 15.8. The molecule has 5 nitrogen and oxygen atoms in total. The zero-order valence-corrected chi connectivity index (χ0v) is 12.7. The Morgan fingerprint density at radius 1 is 1.37 bits per heavy atom. The van der Waals surface area contributed by atoms with Crippen LogP contribution in [0.5, 0.6) is 5.75 Å². The third kappa shape index (κ3) is 3.19. The van der Waals surface area contributed by atoms with E-state index in [0.717, 1.165) is 6.42 Å². The summed E-state index contributed by atoms with van der Waals surface area (Å²) in [6.45, 7) is 6.12. The van der Waals surface area contributed by atoms with E-state index in [1.165, 1.54) is 23.5 Å². The van der Waals surface area contributed by atoms with Crippen molar-refractivity contribution >= 4 is 15.7 Å². The van der Waals surface area contributed by atoms with Crippen LogP contribution >= 0.6 is 0 Å². The molecule has 2 N–H and O–H groups in total. The van der Waals surface area contributed by atoms with Gasteiger partial charge in [0, 0.05) is 12.6 Å². The van der Waals surface area contributed by atoms with Crippen molar-refractivity contribution in [3.63, 3.8) is 0 Å². The van der Waals surface area contributed by atoms with Gasteiger partial charge in [-0.15, -0.1) is 0 Å². The van der Waals surface area contributed by atoms with Gasteiger partial charge in [0.1, 0.15) is 5.75 Å². The van der Waals surface area contributed by atoms with Crippen molar-refractivity contribution in [3.8, 4) is 5.75 Å². The molecule has 0 heterocycles. The second-order valence-corrected chi connectivity index (χ2v) is 6.26. The summed E-state index contributed by atoms with van der Waals surface area (Å²) in [4.78, 5) is 0.202. The average molecular weight is 286 g/mol. The number of methoxy groups -OCH3 is 1. The number of anilines is 1. The minimum atomic E-state index is -3.51. The highest BCUT2D eigenvalue weighted by molar-refractivity contribution is 7.89. The first-order chi connectivity index (χ1) is 8.88. The summed E-state index contributed by atoms with van der Waals surface area (Å²) < 4.78 is 31.6. The quantitative estimate of drug-likeness (QED) is 0.813. The van der Waals surface area contributed by atoms with Gasteiger partial charge in [0.2, 0.25) is 10.0 Å². The molecule has 0 saturated heterocycles. The van der Waals surface area contributed by atoms with Crippen molar-refractivity contribution in [2.75, 3.05) is 19.4 Å². The first-order valence-corrected chi connectivity index (χ1v) is 7.77. The number of hydrogen-bond donors (Lipinski definition) is 1. The van der Waals surface area contributed by atoms with Gasteiger partial charge in [-0.25, -0.2) is 8.42 Å². The van der Waals surface area contributed by atoms with E-state index in [4.69, 9.17) is 10.5 Å². The molecular weight excluding hydrogens is 264 g/mol. The number of nitrogen functional groups attached to an aromatic ring is 1. The molecule has 0 spiro atoms. The molecule has 1 atom stereocenters. The monoisotopic (exact) mass is 286 g/mol. The van der Waals surface area contributed by atoms with Crippen LogP contribution in [0.25, 0.3) is 0 Å². The lowest BCUT2D eigenvalue weighted by Crippen LogP contribution is -2.38. The highest BCUT2D eigenvalue weighted by atomic mass is 32.2. The van der Waals surface area contributed by atoms with Crippen LogP contribution in [0.4, 0.5) is 5.69 Å². The molecule has 0 radical (unpaired) electrons. The lowest BCUT2D eigenvalue weighted by atomic mass is 10.3. The Labute approximate surface area is 115 Å². The summed E-state index contributed by atoms with van der Waals surface area (Å²) in [5, 5.41) is 0. The van der Waals surface area contributed by atoms with Gasteiger partial charge in [-0.2, -0.15) is 4.31 Å². The molecular formula is C13H22N2O3S. The predicted octanol–water partition coefficient (Wildman–Crippen LogP) is 2.09. The van der Waals surface area contributed by atoms with E-state index in [1.54, 1.807) is 6.07 Å². The van der Waals surface area contributed by atoms with Gasteiger partial charge in [-0.1, -0.05) is 13.8 Å². The third-order valence-electron chi connectivity index (χ3n) is 3.20. The molecule has 0 bridgehead atoms. The number of ether oxygens (including phenoxy) is 1. The Morgan fingerprint density at radius 3 is 2.42 bits per heavy atom. The summed E-state index contributed by atoms with van der Waals surface area (Å²) in [5.41, 5.74) is 6.09. The van der Waals surface area contributed by atoms with Gasteiger partial charge in [0.15, 0.2) is 0 Å². The molecule has 0 fully saturated rings. The summed E-state index contributed by atoms with van der Waals surface area (Å²) in [6, 6.07) is 4.50. The third-order valence-corrected chi connectivity index (χ3v) is 5.29. The molecule has 1 rings (SSSR count). The van der Waals surface area contributed by atoms with Crippen LogP contribution in [0, 0.1) is 0 Å². The van der Waals surface area contributed by atoms with Gasteiger partial charge >= 0.3 is 0 Å². The normalized spacial score (nSPS) is 13.5. The van der Waals surface area contributed by atoms with E-state index in [-0.39, 0.29) is 10.9 Å². The molecule has 0 aromatic heterocycles. The van der Waals surface area contributed by atoms with Gasteiger partial charge in [0.25, 0.3) is 0 Å². The van der Waals surface area contributed by atoms with Gasteiger partial charge in [0.05, 0.1) is 17.7 Å². The highest BCUT2D eigenvalue weighted by Gasteiger charge is 2.27. The molecule has 0 aliphatic rings.